The lowest BCUT2D eigenvalue weighted by Crippen LogP contribution is -2.27. The number of carboxylic acids is 1. The highest BCUT2D eigenvalue weighted by atomic mass is 127. The number of rotatable bonds is 7. The van der Waals surface area contributed by atoms with Crippen molar-refractivity contribution >= 4 is 40.5 Å². The van der Waals surface area contributed by atoms with Gasteiger partial charge in [-0.25, -0.2) is 4.79 Å². The molecule has 0 aliphatic heterocycles. The van der Waals surface area contributed by atoms with Crippen LogP contribution in [-0.4, -0.2) is 17.0 Å². The highest BCUT2D eigenvalue weighted by Gasteiger charge is 2.14. The van der Waals surface area contributed by atoms with Crippen LogP contribution in [0.25, 0.3) is 6.08 Å². The molecule has 0 spiro atoms. The summed E-state index contributed by atoms with van der Waals surface area (Å²) in [6.07, 6.45) is 1.40. The predicted octanol–water partition coefficient (Wildman–Crippen LogP) is 4.73. The van der Waals surface area contributed by atoms with Crippen molar-refractivity contribution in [2.45, 2.75) is 6.61 Å². The molecule has 3 aromatic rings. The van der Waals surface area contributed by atoms with Gasteiger partial charge in [-0.1, -0.05) is 48.5 Å². The summed E-state index contributed by atoms with van der Waals surface area (Å²) < 4.78 is 7.00. The van der Waals surface area contributed by atoms with Crippen LogP contribution in [0.4, 0.5) is 0 Å². The van der Waals surface area contributed by atoms with Crippen molar-refractivity contribution in [2.24, 2.45) is 0 Å². The van der Waals surface area contributed by atoms with E-state index in [9.17, 15) is 14.7 Å². The molecule has 2 N–H and O–H groups in total. The molecule has 0 unspecified atom stereocenters. The molecular formula is C23H18INO4. The Balaban J connectivity index is 1.81. The van der Waals surface area contributed by atoms with Crippen molar-refractivity contribution in [3.8, 4) is 5.75 Å². The number of aliphatic carboxylic acids is 1. The fourth-order valence-corrected chi connectivity index (χ4v) is 3.22. The van der Waals surface area contributed by atoms with Gasteiger partial charge in [0, 0.05) is 14.7 Å². The van der Waals surface area contributed by atoms with E-state index >= 15 is 0 Å². The fraction of sp³-hybridized carbons (Fsp3) is 0.0435. The molecule has 0 heterocycles. The first-order valence-corrected chi connectivity index (χ1v) is 9.88. The summed E-state index contributed by atoms with van der Waals surface area (Å²) in [5.74, 6) is -1.20. The second kappa shape index (κ2) is 9.88. The molecule has 0 radical (unpaired) electrons. The average Bonchev–Trinajstić information content (AvgIpc) is 2.73. The van der Waals surface area contributed by atoms with E-state index in [0.29, 0.717) is 23.5 Å². The Kier molecular flexibility index (Phi) is 7.02. The number of carbonyl (C=O) groups excluding carboxylic acids is 1. The minimum absolute atomic E-state index is 0.232. The maximum absolute atomic E-state index is 12.3. The number of halogens is 1. The Morgan fingerprint density at radius 3 is 2.41 bits per heavy atom. The molecule has 0 saturated carbocycles. The summed E-state index contributed by atoms with van der Waals surface area (Å²) in [4.78, 5) is 24.0. The SMILES string of the molecule is O=C(O)C(=Cc1ccccc1OCc1cccc(I)c1)NC(=O)c1ccccc1. The lowest BCUT2D eigenvalue weighted by atomic mass is 10.1. The van der Waals surface area contributed by atoms with Crippen molar-refractivity contribution in [1.82, 2.24) is 5.32 Å². The fourth-order valence-electron chi connectivity index (χ4n) is 2.61. The molecule has 0 aliphatic carbocycles. The van der Waals surface area contributed by atoms with Gasteiger partial charge in [0.05, 0.1) is 0 Å². The monoisotopic (exact) mass is 499 g/mol. The average molecular weight is 499 g/mol. The molecule has 0 atom stereocenters. The number of nitrogens with one attached hydrogen (secondary N) is 1. The smallest absolute Gasteiger partial charge is 0.352 e. The maximum Gasteiger partial charge on any atom is 0.352 e. The second-order valence-corrected chi connectivity index (χ2v) is 7.39. The number of ether oxygens (including phenoxy) is 1. The molecule has 0 aromatic heterocycles. The summed E-state index contributed by atoms with van der Waals surface area (Å²) >= 11 is 2.23. The number of amides is 1. The van der Waals surface area contributed by atoms with Gasteiger partial charge in [0.25, 0.3) is 5.91 Å². The zero-order chi connectivity index (χ0) is 20.6. The van der Waals surface area contributed by atoms with Gasteiger partial charge in [-0.05, 0) is 64.6 Å². The van der Waals surface area contributed by atoms with E-state index in [1.165, 1.54) is 6.08 Å². The zero-order valence-electron chi connectivity index (χ0n) is 15.3. The molecule has 146 valence electrons. The second-order valence-electron chi connectivity index (χ2n) is 6.14. The van der Waals surface area contributed by atoms with Gasteiger partial charge in [0.2, 0.25) is 0 Å². The molecular weight excluding hydrogens is 481 g/mol. The van der Waals surface area contributed by atoms with Crippen LogP contribution in [0.1, 0.15) is 21.5 Å². The molecule has 3 aromatic carbocycles. The minimum Gasteiger partial charge on any atom is -0.488 e. The molecule has 0 bridgehead atoms. The van der Waals surface area contributed by atoms with Crippen LogP contribution in [0.5, 0.6) is 5.75 Å². The van der Waals surface area contributed by atoms with Crippen LogP contribution < -0.4 is 10.1 Å². The quantitative estimate of drug-likeness (QED) is 0.364. The lowest BCUT2D eigenvalue weighted by molar-refractivity contribution is -0.132. The normalized spacial score (nSPS) is 11.0. The van der Waals surface area contributed by atoms with Gasteiger partial charge >= 0.3 is 5.97 Å². The Hall–Kier alpha value is -3.13. The molecule has 6 heteroatoms. The zero-order valence-corrected chi connectivity index (χ0v) is 17.5. The van der Waals surface area contributed by atoms with E-state index in [1.807, 2.05) is 30.3 Å². The van der Waals surface area contributed by atoms with E-state index in [2.05, 4.69) is 27.9 Å². The molecule has 29 heavy (non-hydrogen) atoms. The third-order valence-electron chi connectivity index (χ3n) is 4.02. The molecule has 3 rings (SSSR count). The largest absolute Gasteiger partial charge is 0.488 e. The first-order chi connectivity index (χ1) is 14.0. The Labute approximate surface area is 182 Å². The van der Waals surface area contributed by atoms with Gasteiger partial charge in [-0.3, -0.25) is 4.79 Å². The van der Waals surface area contributed by atoms with Crippen LogP contribution in [0.3, 0.4) is 0 Å². The van der Waals surface area contributed by atoms with Crippen LogP contribution in [0.2, 0.25) is 0 Å². The number of hydrogen-bond acceptors (Lipinski definition) is 3. The summed E-state index contributed by atoms with van der Waals surface area (Å²) in [5, 5.41) is 12.0. The van der Waals surface area contributed by atoms with E-state index in [-0.39, 0.29) is 5.70 Å². The number of benzene rings is 3. The third-order valence-corrected chi connectivity index (χ3v) is 4.69. The standard InChI is InChI=1S/C23H18INO4/c24-19-11-6-7-16(13-19)15-29-21-12-5-4-10-18(21)14-20(23(27)28)25-22(26)17-8-2-1-3-9-17/h1-14H,15H2,(H,25,26)(H,27,28). The molecule has 0 aliphatic rings. The molecule has 1 amide bonds. The van der Waals surface area contributed by atoms with Crippen LogP contribution >= 0.6 is 22.6 Å². The third kappa shape index (κ3) is 5.92. The summed E-state index contributed by atoms with van der Waals surface area (Å²) in [6, 6.07) is 23.5. The summed E-state index contributed by atoms with van der Waals surface area (Å²) in [6.45, 7) is 0.348. The molecule has 0 saturated heterocycles. The van der Waals surface area contributed by atoms with Crippen molar-refractivity contribution in [1.29, 1.82) is 0 Å². The van der Waals surface area contributed by atoms with Crippen LogP contribution in [-0.2, 0) is 11.4 Å². The highest BCUT2D eigenvalue weighted by Crippen LogP contribution is 2.22. The van der Waals surface area contributed by atoms with Gasteiger partial charge < -0.3 is 15.2 Å². The van der Waals surface area contributed by atoms with E-state index in [0.717, 1.165) is 9.13 Å². The van der Waals surface area contributed by atoms with E-state index in [1.54, 1.807) is 48.5 Å². The van der Waals surface area contributed by atoms with E-state index < -0.39 is 11.9 Å². The Morgan fingerprint density at radius 2 is 1.69 bits per heavy atom. The first-order valence-electron chi connectivity index (χ1n) is 8.80. The maximum atomic E-state index is 12.3. The molecule has 5 nitrogen and oxygen atoms in total. The van der Waals surface area contributed by atoms with Gasteiger partial charge in [-0.2, -0.15) is 0 Å². The minimum atomic E-state index is -1.23. The van der Waals surface area contributed by atoms with Crippen LogP contribution in [0, 0.1) is 3.57 Å². The predicted molar refractivity (Wildman–Crippen MR) is 119 cm³/mol. The van der Waals surface area contributed by atoms with Crippen LogP contribution in [0.15, 0.2) is 84.6 Å². The number of carboxylic acid groups (broad SMARTS) is 1. The number of para-hydroxylation sites is 1. The van der Waals surface area contributed by atoms with Gasteiger partial charge in [-0.15, -0.1) is 0 Å². The Bertz CT molecular complexity index is 1050. The first kappa shape index (κ1) is 20.6. The highest BCUT2D eigenvalue weighted by molar-refractivity contribution is 14.1. The topological polar surface area (TPSA) is 75.6 Å². The lowest BCUT2D eigenvalue weighted by Gasteiger charge is -2.11. The summed E-state index contributed by atoms with van der Waals surface area (Å²) in [5.41, 5.74) is 1.71. The Morgan fingerprint density at radius 1 is 0.966 bits per heavy atom. The van der Waals surface area contributed by atoms with Crippen molar-refractivity contribution in [2.75, 3.05) is 0 Å². The number of carbonyl (C=O) groups is 2. The van der Waals surface area contributed by atoms with Crippen molar-refractivity contribution in [3.63, 3.8) is 0 Å². The summed E-state index contributed by atoms with van der Waals surface area (Å²) in [7, 11) is 0. The van der Waals surface area contributed by atoms with E-state index in [4.69, 9.17) is 4.74 Å². The molecule has 0 fully saturated rings. The van der Waals surface area contributed by atoms with Gasteiger partial charge in [0.15, 0.2) is 0 Å². The van der Waals surface area contributed by atoms with Crippen molar-refractivity contribution in [3.05, 3.63) is 105 Å². The number of hydrogen-bond donors (Lipinski definition) is 2. The van der Waals surface area contributed by atoms with Gasteiger partial charge in [0.1, 0.15) is 18.1 Å². The van der Waals surface area contributed by atoms with Crippen molar-refractivity contribution < 1.29 is 19.4 Å².